The average molecular weight is 1220 g/mol. The van der Waals surface area contributed by atoms with Crippen LogP contribution in [0.4, 0.5) is 44.5 Å². The van der Waals surface area contributed by atoms with Gasteiger partial charge in [0.05, 0.1) is 70.6 Å². The van der Waals surface area contributed by atoms with Crippen molar-refractivity contribution in [3.63, 3.8) is 0 Å². The summed E-state index contributed by atoms with van der Waals surface area (Å²) in [6.07, 6.45) is 14.2. The number of nitrogens with zero attached hydrogens (tertiary/aromatic N) is 11. The fraction of sp³-hybridized carbons (Fsp3) is 0.436. The molecule has 7 heterocycles. The van der Waals surface area contributed by atoms with Crippen molar-refractivity contribution < 1.29 is 38.1 Å². The van der Waals surface area contributed by atoms with Gasteiger partial charge in [0, 0.05) is 91.7 Å². The van der Waals surface area contributed by atoms with Gasteiger partial charge in [-0.2, -0.15) is 15.1 Å². The molecule has 6 atom stereocenters. The first-order valence-corrected chi connectivity index (χ1v) is 28.5. The lowest BCUT2D eigenvalue weighted by Gasteiger charge is -2.41. The van der Waals surface area contributed by atoms with Crippen LogP contribution in [0.1, 0.15) is 55.2 Å². The van der Waals surface area contributed by atoms with Crippen LogP contribution in [0.5, 0.6) is 23.0 Å². The number of hydrogen-bond acceptors (Lipinski definition) is 17. The minimum atomic E-state index is -0.466. The molecule has 3 aromatic heterocycles. The molecule has 3 fully saturated rings. The third-order valence-corrected chi connectivity index (χ3v) is 17.4. The molecule has 2 saturated heterocycles. The molecule has 24 nitrogen and oxygen atoms in total. The molecule has 6 amide bonds. The third kappa shape index (κ3) is 12.1. The first-order valence-electron chi connectivity index (χ1n) is 27.0. The highest BCUT2D eigenvalue weighted by atomic mass is 35.5. The van der Waals surface area contributed by atoms with Crippen LogP contribution in [-0.4, -0.2) is 162 Å². The van der Waals surface area contributed by atoms with E-state index in [0.29, 0.717) is 53.8 Å². The number of piperidine rings is 1. The molecular formula is C55H64Cl4N16O8. The molecule has 5 aromatic rings. The molecule has 4 unspecified atom stereocenters. The molecule has 5 aliphatic rings. The number of fused-ring (bicyclic) bond motifs is 2. The lowest BCUT2D eigenvalue weighted by atomic mass is 9.90. The van der Waals surface area contributed by atoms with Crippen LogP contribution in [0.2, 0.25) is 20.1 Å². The molecule has 0 bridgehead atoms. The van der Waals surface area contributed by atoms with Gasteiger partial charge in [-0.15, -0.1) is 0 Å². The normalized spacial score (nSPS) is 21.9. The van der Waals surface area contributed by atoms with Gasteiger partial charge in [0.2, 0.25) is 23.7 Å². The highest BCUT2D eigenvalue weighted by Crippen LogP contribution is 2.50. The van der Waals surface area contributed by atoms with Crippen molar-refractivity contribution in [3.05, 3.63) is 99.0 Å². The lowest BCUT2D eigenvalue weighted by Crippen LogP contribution is -2.50. The number of benzene rings is 2. The zero-order valence-electron chi connectivity index (χ0n) is 46.4. The summed E-state index contributed by atoms with van der Waals surface area (Å²) in [7, 11) is 8.04. The molecule has 4 aliphatic heterocycles. The van der Waals surface area contributed by atoms with Gasteiger partial charge < -0.3 is 40.2 Å². The van der Waals surface area contributed by atoms with Gasteiger partial charge in [-0.1, -0.05) is 72.4 Å². The zero-order valence-corrected chi connectivity index (χ0v) is 49.4. The Morgan fingerprint density at radius 1 is 0.711 bits per heavy atom. The number of likely N-dealkylation sites (tertiary alicyclic amines) is 2. The maximum atomic E-state index is 15.0. The number of halogens is 4. The van der Waals surface area contributed by atoms with Gasteiger partial charge in [-0.05, 0) is 51.4 Å². The fourth-order valence-corrected chi connectivity index (χ4v) is 12.8. The van der Waals surface area contributed by atoms with Crippen molar-refractivity contribution in [2.45, 2.75) is 94.4 Å². The quantitative estimate of drug-likeness (QED) is 0.0497. The number of aromatic nitrogens is 6. The number of nitrogens with one attached hydrogen (secondary N) is 5. The monoisotopic (exact) mass is 1220 g/mol. The summed E-state index contributed by atoms with van der Waals surface area (Å²) in [4.78, 5) is 83.7. The van der Waals surface area contributed by atoms with Crippen LogP contribution in [0.15, 0.2) is 62.2 Å². The fourth-order valence-electron chi connectivity index (χ4n) is 11.5. The standard InChI is InChI=1S/C55H64Cl4N16O8/c1-8-42(76)64-34-12-10-11-13-35(34)66-52-61-22-31-25-74(55(79)75(51(31)69-52)23-29-19-62-63-20-29)49-46(58)40(82-7)18-41(47(49)59)83-28-33-16-32(14-15-70(33)3)72-26-36(65-43(77)9-2)37(27-72)67-53-60-21-30-24-73(54(78)71(4)50(30)68-53)48-44(56)38(80-5)17-39(81-6)45(48)57/h8-9,17-22,32-37H,1-2,10-16,23-28H2,3-7H3,(H,62,63)(H,64,76)(H,65,77)(H,60,67,68)(H,61,66,69)/t32?,33?,34-,35+,36?,37?/m0/s1. The van der Waals surface area contributed by atoms with Gasteiger partial charge in [0.25, 0.3) is 0 Å². The summed E-state index contributed by atoms with van der Waals surface area (Å²) >= 11 is 27.9. The predicted molar refractivity (Wildman–Crippen MR) is 317 cm³/mol. The topological polar surface area (TPSA) is 253 Å². The molecule has 1 saturated carbocycles. The Bertz CT molecular complexity index is 3280. The van der Waals surface area contributed by atoms with Gasteiger partial charge in [-0.25, -0.2) is 19.6 Å². The van der Waals surface area contributed by atoms with Crippen LogP contribution in [0.25, 0.3) is 0 Å². The number of methoxy groups -OCH3 is 3. The molecule has 2 aromatic carbocycles. The maximum absolute atomic E-state index is 15.0. The number of aromatic amines is 1. The van der Waals surface area contributed by atoms with Crippen molar-refractivity contribution in [1.29, 1.82) is 0 Å². The number of carbonyl (C=O) groups excluding carboxylic acids is 4. The number of amides is 6. The zero-order chi connectivity index (χ0) is 58.8. The second kappa shape index (κ2) is 25.2. The molecule has 83 heavy (non-hydrogen) atoms. The maximum Gasteiger partial charge on any atom is 0.330 e. The van der Waals surface area contributed by atoms with E-state index in [0.717, 1.165) is 38.6 Å². The largest absolute Gasteiger partial charge is 0.495 e. The van der Waals surface area contributed by atoms with E-state index in [9.17, 15) is 19.2 Å². The predicted octanol–water partition coefficient (Wildman–Crippen LogP) is 7.69. The van der Waals surface area contributed by atoms with E-state index in [1.54, 1.807) is 44.0 Å². The second-order valence-electron chi connectivity index (χ2n) is 20.9. The number of urea groups is 2. The van der Waals surface area contributed by atoms with Crippen LogP contribution in [0, 0.1) is 0 Å². The molecule has 1 aliphatic carbocycles. The highest BCUT2D eigenvalue weighted by molar-refractivity contribution is 6.43. The first kappa shape index (κ1) is 58.8. The number of carbonyl (C=O) groups is 4. The second-order valence-corrected chi connectivity index (χ2v) is 22.4. The first-order chi connectivity index (χ1) is 40.0. The lowest BCUT2D eigenvalue weighted by molar-refractivity contribution is -0.118. The number of ether oxygens (including phenoxy) is 4. The average Bonchev–Trinajstić information content (AvgIpc) is 2.95. The van der Waals surface area contributed by atoms with Crippen LogP contribution < -0.4 is 59.8 Å². The number of likely N-dealkylation sites (N-methyl/N-ethyl adjacent to an activating group) is 1. The van der Waals surface area contributed by atoms with E-state index in [-0.39, 0.29) is 135 Å². The SMILES string of the molecule is C=CC(=O)NC1CN(C2CCN(C)C(COc3cc(OC)c(Cl)c(N4Cc5cnc(N[C@@H]6CCCC[C@@H]6NC(=O)C=C)nc5N(Cc5cn[nH]c5)C4=O)c3Cl)C2)CC1Nc1ncc2c(n1)N(C)C(=O)N(c1c(Cl)c(OC)cc(OC)c1Cl)C2. The van der Waals surface area contributed by atoms with Crippen molar-refractivity contribution in [1.82, 2.24) is 50.6 Å². The molecular weight excluding hydrogens is 1150 g/mol. The van der Waals surface area contributed by atoms with Crippen molar-refractivity contribution >= 4 is 105 Å². The Hall–Kier alpha value is -7.35. The number of H-pyrrole nitrogens is 1. The van der Waals surface area contributed by atoms with Crippen molar-refractivity contribution in [2.75, 3.05) is 91.9 Å². The highest BCUT2D eigenvalue weighted by Gasteiger charge is 2.42. The van der Waals surface area contributed by atoms with E-state index in [2.05, 4.69) is 64.4 Å². The Balaban J connectivity index is 0.848. The minimum absolute atomic E-state index is 0.0116. The molecule has 440 valence electrons. The van der Waals surface area contributed by atoms with Crippen LogP contribution >= 0.6 is 46.4 Å². The number of hydrogen-bond donors (Lipinski definition) is 5. The van der Waals surface area contributed by atoms with E-state index in [4.69, 9.17) is 75.3 Å². The molecule has 0 spiro atoms. The van der Waals surface area contributed by atoms with Crippen molar-refractivity contribution in [3.8, 4) is 23.0 Å². The number of anilines is 6. The van der Waals surface area contributed by atoms with Gasteiger partial charge in [0.15, 0.2) is 0 Å². The summed E-state index contributed by atoms with van der Waals surface area (Å²) in [5.41, 5.74) is 2.37. The van der Waals surface area contributed by atoms with E-state index < -0.39 is 12.1 Å². The number of rotatable bonds is 19. The van der Waals surface area contributed by atoms with Gasteiger partial charge >= 0.3 is 12.1 Å². The summed E-state index contributed by atoms with van der Waals surface area (Å²) in [6, 6.07) is 1.22. The minimum Gasteiger partial charge on any atom is -0.495 e. The molecule has 28 heteroatoms. The van der Waals surface area contributed by atoms with Gasteiger partial charge in [0.1, 0.15) is 61.3 Å². The summed E-state index contributed by atoms with van der Waals surface area (Å²) in [6.45, 7) is 9.45. The summed E-state index contributed by atoms with van der Waals surface area (Å²) < 4.78 is 23.3. The van der Waals surface area contributed by atoms with Gasteiger partial charge in [-0.3, -0.25) is 44.1 Å². The summed E-state index contributed by atoms with van der Waals surface area (Å²) in [5.74, 6) is 1.84. The third-order valence-electron chi connectivity index (χ3n) is 15.9. The molecule has 10 rings (SSSR count). The van der Waals surface area contributed by atoms with E-state index >= 15 is 0 Å². The molecule has 0 radical (unpaired) electrons. The summed E-state index contributed by atoms with van der Waals surface area (Å²) in [5, 5.41) is 20.4. The van der Waals surface area contributed by atoms with Crippen LogP contribution in [-0.2, 0) is 29.2 Å². The van der Waals surface area contributed by atoms with Crippen molar-refractivity contribution in [2.24, 2.45) is 0 Å². The van der Waals surface area contributed by atoms with Crippen LogP contribution in [0.3, 0.4) is 0 Å². The Morgan fingerprint density at radius 2 is 1.25 bits per heavy atom. The van der Waals surface area contributed by atoms with E-state index in [1.165, 1.54) is 53.1 Å². The Morgan fingerprint density at radius 3 is 1.86 bits per heavy atom. The Labute approximate surface area is 499 Å². The Kier molecular flexibility index (Phi) is 17.9. The van der Waals surface area contributed by atoms with E-state index in [1.807, 2.05) is 7.05 Å². The smallest absolute Gasteiger partial charge is 0.330 e. The molecule has 5 N–H and O–H groups in total.